The highest BCUT2D eigenvalue weighted by atomic mass is 35.5. The van der Waals surface area contributed by atoms with Crippen LogP contribution in [0, 0.1) is 5.92 Å². The van der Waals surface area contributed by atoms with Crippen LogP contribution in [0.4, 0.5) is 0 Å². The second-order valence-corrected chi connectivity index (χ2v) is 6.04. The van der Waals surface area contributed by atoms with Gasteiger partial charge in [-0.1, -0.05) is 19.9 Å². The van der Waals surface area contributed by atoms with Crippen LogP contribution in [0.15, 0.2) is 48.8 Å². The number of halogens is 2. The third-order valence-corrected chi connectivity index (χ3v) is 4.08. The predicted molar refractivity (Wildman–Crippen MR) is 105 cm³/mol. The van der Waals surface area contributed by atoms with Crippen molar-refractivity contribution in [1.29, 1.82) is 0 Å². The maximum Gasteiger partial charge on any atom is 0.251 e. The number of aromatic nitrogens is 1. The fourth-order valence-electron chi connectivity index (χ4n) is 2.01. The van der Waals surface area contributed by atoms with Crippen molar-refractivity contribution in [3.63, 3.8) is 0 Å². The summed E-state index contributed by atoms with van der Waals surface area (Å²) in [5.41, 5.74) is 5.91. The van der Waals surface area contributed by atoms with Gasteiger partial charge in [0.1, 0.15) is 11.5 Å². The number of pyridine rings is 1. The van der Waals surface area contributed by atoms with Gasteiger partial charge in [-0.3, -0.25) is 9.78 Å². The van der Waals surface area contributed by atoms with E-state index in [2.05, 4.69) is 10.3 Å². The largest absolute Gasteiger partial charge is 0.457 e. The van der Waals surface area contributed by atoms with E-state index in [1.54, 1.807) is 42.7 Å². The Morgan fingerprint density at radius 3 is 2.40 bits per heavy atom. The van der Waals surface area contributed by atoms with E-state index in [1.165, 1.54) is 0 Å². The minimum atomic E-state index is -0.445. The number of hydrogen-bond donors (Lipinski definition) is 2. The molecule has 1 amide bonds. The van der Waals surface area contributed by atoms with Crippen molar-refractivity contribution >= 4 is 30.7 Å². The average Bonchev–Trinajstić information content (AvgIpc) is 2.55. The third-order valence-electron chi connectivity index (χ3n) is 4.08. The normalized spacial score (nSPS) is 12.4. The van der Waals surface area contributed by atoms with E-state index in [1.807, 2.05) is 26.8 Å². The SMILES string of the molecule is CC(C)C(C)(CN)NC(=O)c1cccc(Oc2ccncc2)c1.Cl.Cl. The highest BCUT2D eigenvalue weighted by Crippen LogP contribution is 2.22. The number of rotatable bonds is 6. The Morgan fingerprint density at radius 2 is 1.84 bits per heavy atom. The zero-order chi connectivity index (χ0) is 16.9. The molecule has 25 heavy (non-hydrogen) atoms. The van der Waals surface area contributed by atoms with Crippen molar-refractivity contribution < 1.29 is 9.53 Å². The van der Waals surface area contributed by atoms with Gasteiger partial charge in [-0.15, -0.1) is 24.8 Å². The lowest BCUT2D eigenvalue weighted by Crippen LogP contribution is -2.55. The van der Waals surface area contributed by atoms with E-state index < -0.39 is 5.54 Å². The molecular formula is C18H25Cl2N3O2. The molecule has 0 aliphatic heterocycles. The van der Waals surface area contributed by atoms with Gasteiger partial charge in [-0.25, -0.2) is 0 Å². The minimum Gasteiger partial charge on any atom is -0.457 e. The Bertz CT molecular complexity index is 668. The van der Waals surface area contributed by atoms with Crippen molar-refractivity contribution in [2.75, 3.05) is 6.54 Å². The van der Waals surface area contributed by atoms with E-state index in [0.29, 0.717) is 23.6 Å². The number of amides is 1. The van der Waals surface area contributed by atoms with Crippen LogP contribution in [0.3, 0.4) is 0 Å². The average molecular weight is 386 g/mol. The number of nitrogens with zero attached hydrogens (tertiary/aromatic N) is 1. The quantitative estimate of drug-likeness (QED) is 0.791. The van der Waals surface area contributed by atoms with Gasteiger partial charge < -0.3 is 15.8 Å². The van der Waals surface area contributed by atoms with E-state index in [0.717, 1.165) is 0 Å². The molecule has 2 rings (SSSR count). The van der Waals surface area contributed by atoms with Crippen LogP contribution in [0.1, 0.15) is 31.1 Å². The van der Waals surface area contributed by atoms with Gasteiger partial charge in [0, 0.05) is 24.5 Å². The Balaban J connectivity index is 0.00000288. The summed E-state index contributed by atoms with van der Waals surface area (Å²) in [5.74, 6) is 1.34. The van der Waals surface area contributed by atoms with Gasteiger partial charge in [-0.2, -0.15) is 0 Å². The maximum absolute atomic E-state index is 12.5. The fourth-order valence-corrected chi connectivity index (χ4v) is 2.01. The van der Waals surface area contributed by atoms with Crippen LogP contribution in [-0.4, -0.2) is 23.0 Å². The highest BCUT2D eigenvalue weighted by Gasteiger charge is 2.28. The summed E-state index contributed by atoms with van der Waals surface area (Å²) in [6, 6.07) is 10.6. The summed E-state index contributed by atoms with van der Waals surface area (Å²) in [5, 5.41) is 3.02. The van der Waals surface area contributed by atoms with Crippen LogP contribution in [0.25, 0.3) is 0 Å². The van der Waals surface area contributed by atoms with Gasteiger partial charge >= 0.3 is 0 Å². The maximum atomic E-state index is 12.5. The summed E-state index contributed by atoms with van der Waals surface area (Å²) >= 11 is 0. The van der Waals surface area contributed by atoms with Gasteiger partial charge in [-0.05, 0) is 43.2 Å². The molecule has 2 aromatic rings. The number of benzene rings is 1. The minimum absolute atomic E-state index is 0. The first-order valence-electron chi connectivity index (χ1n) is 7.65. The summed E-state index contributed by atoms with van der Waals surface area (Å²) in [6.45, 7) is 6.41. The summed E-state index contributed by atoms with van der Waals surface area (Å²) in [4.78, 5) is 16.4. The summed E-state index contributed by atoms with van der Waals surface area (Å²) in [6.07, 6.45) is 3.31. The zero-order valence-corrected chi connectivity index (χ0v) is 16.2. The second kappa shape index (κ2) is 10.2. The molecular weight excluding hydrogens is 361 g/mol. The lowest BCUT2D eigenvalue weighted by molar-refractivity contribution is 0.0883. The molecule has 0 bridgehead atoms. The molecule has 138 valence electrons. The molecule has 7 heteroatoms. The second-order valence-electron chi connectivity index (χ2n) is 6.04. The van der Waals surface area contributed by atoms with E-state index in [-0.39, 0.29) is 36.6 Å². The molecule has 1 unspecified atom stereocenters. The molecule has 0 saturated heterocycles. The van der Waals surface area contributed by atoms with Gasteiger partial charge in [0.15, 0.2) is 0 Å². The van der Waals surface area contributed by atoms with Crippen molar-refractivity contribution in [3.05, 3.63) is 54.4 Å². The predicted octanol–water partition coefficient (Wildman–Crippen LogP) is 3.82. The monoisotopic (exact) mass is 385 g/mol. The number of carbonyl (C=O) groups is 1. The molecule has 0 radical (unpaired) electrons. The number of carbonyl (C=O) groups excluding carboxylic acids is 1. The standard InChI is InChI=1S/C18H23N3O2.2ClH/c1-13(2)18(3,12-19)21-17(22)14-5-4-6-16(11-14)23-15-7-9-20-10-8-15;;/h4-11,13H,12,19H2,1-3H3,(H,21,22);2*1H. The Hall–Kier alpha value is -1.82. The number of hydrogen-bond acceptors (Lipinski definition) is 4. The molecule has 1 heterocycles. The first-order chi connectivity index (χ1) is 10.9. The molecule has 1 atom stereocenters. The Kier molecular flexibility index (Phi) is 9.49. The molecule has 0 saturated carbocycles. The van der Waals surface area contributed by atoms with E-state index in [9.17, 15) is 4.79 Å². The van der Waals surface area contributed by atoms with Crippen LogP contribution in [0.2, 0.25) is 0 Å². The van der Waals surface area contributed by atoms with Crippen molar-refractivity contribution in [2.24, 2.45) is 11.7 Å². The van der Waals surface area contributed by atoms with E-state index >= 15 is 0 Å². The molecule has 0 fully saturated rings. The third kappa shape index (κ3) is 6.20. The van der Waals surface area contributed by atoms with Crippen molar-refractivity contribution in [1.82, 2.24) is 10.3 Å². The molecule has 1 aromatic heterocycles. The number of nitrogens with two attached hydrogens (primary N) is 1. The Morgan fingerprint density at radius 1 is 1.20 bits per heavy atom. The smallest absolute Gasteiger partial charge is 0.251 e. The van der Waals surface area contributed by atoms with Gasteiger partial charge in [0.05, 0.1) is 5.54 Å². The topological polar surface area (TPSA) is 77.2 Å². The summed E-state index contributed by atoms with van der Waals surface area (Å²) < 4.78 is 5.73. The molecule has 0 spiro atoms. The highest BCUT2D eigenvalue weighted by molar-refractivity contribution is 5.95. The van der Waals surface area contributed by atoms with Crippen molar-refractivity contribution in [3.8, 4) is 11.5 Å². The first kappa shape index (κ1) is 23.2. The molecule has 0 aliphatic rings. The first-order valence-corrected chi connectivity index (χ1v) is 7.65. The molecule has 0 aliphatic carbocycles. The number of nitrogens with one attached hydrogen (secondary N) is 1. The van der Waals surface area contributed by atoms with Gasteiger partial charge in [0.2, 0.25) is 0 Å². The molecule has 5 nitrogen and oxygen atoms in total. The zero-order valence-electron chi connectivity index (χ0n) is 14.6. The fraction of sp³-hybridized carbons (Fsp3) is 0.333. The van der Waals surface area contributed by atoms with Crippen LogP contribution in [0.5, 0.6) is 11.5 Å². The van der Waals surface area contributed by atoms with Crippen LogP contribution >= 0.6 is 24.8 Å². The van der Waals surface area contributed by atoms with E-state index in [4.69, 9.17) is 10.5 Å². The lowest BCUT2D eigenvalue weighted by atomic mass is 9.88. The summed E-state index contributed by atoms with van der Waals surface area (Å²) in [7, 11) is 0. The molecule has 3 N–H and O–H groups in total. The van der Waals surface area contributed by atoms with Gasteiger partial charge in [0.25, 0.3) is 5.91 Å². The van der Waals surface area contributed by atoms with Crippen LogP contribution < -0.4 is 15.8 Å². The lowest BCUT2D eigenvalue weighted by Gasteiger charge is -2.33. The number of ether oxygens (including phenoxy) is 1. The Labute approximate surface area is 161 Å². The molecule has 1 aromatic carbocycles. The van der Waals surface area contributed by atoms with Crippen molar-refractivity contribution in [2.45, 2.75) is 26.3 Å². The van der Waals surface area contributed by atoms with Crippen LogP contribution in [-0.2, 0) is 0 Å².